The molecule has 0 aliphatic heterocycles. The molecule has 162 valence electrons. The van der Waals surface area contributed by atoms with E-state index in [0.29, 0.717) is 16.7 Å². The van der Waals surface area contributed by atoms with Crippen LogP contribution in [0.25, 0.3) is 11.1 Å². The molecular formula is C29H21F2NO. The van der Waals surface area contributed by atoms with Crippen molar-refractivity contribution in [3.8, 4) is 11.1 Å². The second-order valence-corrected chi connectivity index (χ2v) is 7.99. The van der Waals surface area contributed by atoms with Gasteiger partial charge in [-0.05, 0) is 46.5 Å². The fourth-order valence-corrected chi connectivity index (χ4v) is 4.36. The maximum Gasteiger partial charge on any atom is 0.123 e. The summed E-state index contributed by atoms with van der Waals surface area (Å²) in [5.41, 5.74) is 5.15. The molecule has 4 aromatic carbocycles. The molecule has 0 fully saturated rings. The van der Waals surface area contributed by atoms with Gasteiger partial charge in [-0.25, -0.2) is 8.78 Å². The molecule has 0 aromatic heterocycles. The molecule has 0 unspecified atom stereocenters. The van der Waals surface area contributed by atoms with Crippen molar-refractivity contribution >= 4 is 5.71 Å². The molecule has 1 aliphatic carbocycles. The van der Waals surface area contributed by atoms with Gasteiger partial charge in [0.2, 0.25) is 0 Å². The van der Waals surface area contributed by atoms with Crippen LogP contribution in [-0.4, -0.2) is 10.8 Å². The average Bonchev–Trinajstić information content (AvgIpc) is 2.85. The fourth-order valence-electron chi connectivity index (χ4n) is 4.36. The first kappa shape index (κ1) is 21.0. The maximum atomic E-state index is 14.1. The molecule has 0 spiro atoms. The van der Waals surface area contributed by atoms with Gasteiger partial charge in [-0.15, -0.1) is 0 Å². The Hall–Kier alpha value is -3.89. The Kier molecular flexibility index (Phi) is 5.68. The summed E-state index contributed by atoms with van der Waals surface area (Å²) in [5.74, 6) is -1.28. The molecule has 33 heavy (non-hydrogen) atoms. The quantitative estimate of drug-likeness (QED) is 0.349. The fraction of sp³-hybridized carbons (Fsp3) is 0.0690. The summed E-state index contributed by atoms with van der Waals surface area (Å²) < 4.78 is 28.0. The van der Waals surface area contributed by atoms with Gasteiger partial charge >= 0.3 is 0 Å². The lowest BCUT2D eigenvalue weighted by Crippen LogP contribution is -2.16. The van der Waals surface area contributed by atoms with Crippen LogP contribution in [0.2, 0.25) is 0 Å². The first-order valence-electron chi connectivity index (χ1n) is 10.7. The summed E-state index contributed by atoms with van der Waals surface area (Å²) in [5, 5.41) is 11.1. The van der Waals surface area contributed by atoms with E-state index in [1.165, 1.54) is 24.3 Å². The van der Waals surface area contributed by atoms with Crippen LogP contribution in [0.15, 0.2) is 114 Å². The Labute approximate surface area is 191 Å². The number of hydrogen-bond acceptors (Lipinski definition) is 2. The number of halogens is 2. The van der Waals surface area contributed by atoms with Gasteiger partial charge in [-0.2, -0.15) is 0 Å². The lowest BCUT2D eigenvalue weighted by atomic mass is 9.76. The van der Waals surface area contributed by atoms with Crippen molar-refractivity contribution in [2.75, 3.05) is 0 Å². The zero-order valence-electron chi connectivity index (χ0n) is 17.7. The van der Waals surface area contributed by atoms with Crippen LogP contribution in [0.4, 0.5) is 8.78 Å². The highest BCUT2D eigenvalue weighted by Crippen LogP contribution is 2.46. The van der Waals surface area contributed by atoms with E-state index < -0.39 is 23.7 Å². The Balaban J connectivity index is 1.57. The minimum atomic E-state index is -0.901. The molecule has 0 radical (unpaired) electrons. The topological polar surface area (TPSA) is 32.6 Å². The SMILES string of the molecule is O[C@H]1c2ccc(F)cc2-c2cc(F)ccc2[C@@H]1/C=C/N=C(c1ccccc1)c1ccccc1. The zero-order chi connectivity index (χ0) is 22.8. The van der Waals surface area contributed by atoms with Crippen LogP contribution in [-0.2, 0) is 0 Å². The van der Waals surface area contributed by atoms with Crippen molar-refractivity contribution in [2.45, 2.75) is 12.0 Å². The normalized spacial score (nSPS) is 16.8. The predicted molar refractivity (Wildman–Crippen MR) is 127 cm³/mol. The lowest BCUT2D eigenvalue weighted by Gasteiger charge is -2.30. The third-order valence-electron chi connectivity index (χ3n) is 5.93. The highest BCUT2D eigenvalue weighted by atomic mass is 19.1. The lowest BCUT2D eigenvalue weighted by molar-refractivity contribution is 0.160. The molecule has 0 saturated heterocycles. The number of nitrogens with zero attached hydrogens (tertiary/aromatic N) is 1. The second-order valence-electron chi connectivity index (χ2n) is 7.99. The standard InChI is InChI=1S/C29H21F2NO/c30-21-11-13-23-25(29(33)24-14-12-22(31)18-27(24)26(23)17-21)15-16-32-28(19-7-3-1-4-8-19)20-9-5-2-6-10-20/h1-18,25,29,33H/b16-15+/t25-,29-/m0/s1. The molecule has 1 aliphatic rings. The minimum Gasteiger partial charge on any atom is -0.387 e. The van der Waals surface area contributed by atoms with E-state index in [-0.39, 0.29) is 0 Å². The Morgan fingerprint density at radius 3 is 1.79 bits per heavy atom. The van der Waals surface area contributed by atoms with E-state index in [9.17, 15) is 13.9 Å². The Morgan fingerprint density at radius 2 is 1.21 bits per heavy atom. The van der Waals surface area contributed by atoms with Gasteiger partial charge in [0.1, 0.15) is 11.6 Å². The molecule has 2 atom stereocenters. The summed E-state index contributed by atoms with van der Waals surface area (Å²) in [6, 6.07) is 28.4. The van der Waals surface area contributed by atoms with Crippen LogP contribution < -0.4 is 0 Å². The molecule has 5 rings (SSSR count). The summed E-state index contributed by atoms with van der Waals surface area (Å²) in [4.78, 5) is 4.74. The molecule has 4 heteroatoms. The molecular weight excluding hydrogens is 416 g/mol. The number of hydrogen-bond donors (Lipinski definition) is 1. The summed E-state index contributed by atoms with van der Waals surface area (Å²) in [6.07, 6.45) is 2.60. The third-order valence-corrected chi connectivity index (χ3v) is 5.93. The number of fused-ring (bicyclic) bond motifs is 3. The zero-order valence-corrected chi connectivity index (χ0v) is 17.7. The smallest absolute Gasteiger partial charge is 0.123 e. The van der Waals surface area contributed by atoms with Crippen molar-refractivity contribution in [1.29, 1.82) is 0 Å². The van der Waals surface area contributed by atoms with Gasteiger partial charge in [0.15, 0.2) is 0 Å². The first-order chi connectivity index (χ1) is 16.1. The van der Waals surface area contributed by atoms with Crippen molar-refractivity contribution in [1.82, 2.24) is 0 Å². The number of aliphatic hydroxyl groups excluding tert-OH is 1. The van der Waals surface area contributed by atoms with Gasteiger partial charge in [-0.3, -0.25) is 4.99 Å². The largest absolute Gasteiger partial charge is 0.387 e. The number of aliphatic imine (C=N–C) groups is 1. The first-order valence-corrected chi connectivity index (χ1v) is 10.7. The predicted octanol–water partition coefficient (Wildman–Crippen LogP) is 6.81. The van der Waals surface area contributed by atoms with Crippen LogP contribution in [0.1, 0.15) is 34.3 Å². The molecule has 0 saturated carbocycles. The van der Waals surface area contributed by atoms with Crippen LogP contribution >= 0.6 is 0 Å². The summed E-state index contributed by atoms with van der Waals surface area (Å²) in [7, 11) is 0. The van der Waals surface area contributed by atoms with E-state index in [0.717, 1.165) is 22.4 Å². The van der Waals surface area contributed by atoms with E-state index in [2.05, 4.69) is 0 Å². The van der Waals surface area contributed by atoms with E-state index in [1.807, 2.05) is 66.7 Å². The van der Waals surface area contributed by atoms with Gasteiger partial charge in [0.25, 0.3) is 0 Å². The minimum absolute atomic E-state index is 0.406. The van der Waals surface area contributed by atoms with Crippen LogP contribution in [0.5, 0.6) is 0 Å². The van der Waals surface area contributed by atoms with Gasteiger partial charge in [0, 0.05) is 23.2 Å². The van der Waals surface area contributed by atoms with Crippen molar-refractivity contribution < 1.29 is 13.9 Å². The van der Waals surface area contributed by atoms with Crippen LogP contribution in [0.3, 0.4) is 0 Å². The third kappa shape index (κ3) is 4.13. The van der Waals surface area contributed by atoms with Crippen molar-refractivity contribution in [3.05, 3.63) is 143 Å². The number of aliphatic hydroxyl groups is 1. The average molecular weight is 437 g/mol. The maximum absolute atomic E-state index is 14.1. The Bertz CT molecular complexity index is 1310. The van der Waals surface area contributed by atoms with E-state index in [4.69, 9.17) is 4.99 Å². The second kappa shape index (κ2) is 8.93. The monoisotopic (exact) mass is 437 g/mol. The number of rotatable bonds is 4. The van der Waals surface area contributed by atoms with Crippen LogP contribution in [0, 0.1) is 11.6 Å². The molecule has 0 bridgehead atoms. The molecule has 4 aromatic rings. The van der Waals surface area contributed by atoms with E-state index in [1.54, 1.807) is 18.3 Å². The Morgan fingerprint density at radius 1 is 0.697 bits per heavy atom. The van der Waals surface area contributed by atoms with E-state index >= 15 is 0 Å². The molecule has 0 amide bonds. The highest BCUT2D eigenvalue weighted by Gasteiger charge is 2.31. The van der Waals surface area contributed by atoms with Gasteiger partial charge in [-0.1, -0.05) is 78.9 Å². The highest BCUT2D eigenvalue weighted by molar-refractivity contribution is 6.13. The summed E-state index contributed by atoms with van der Waals surface area (Å²) in [6.45, 7) is 0. The van der Waals surface area contributed by atoms with Crippen molar-refractivity contribution in [3.63, 3.8) is 0 Å². The number of benzene rings is 4. The van der Waals surface area contributed by atoms with Gasteiger partial charge < -0.3 is 5.11 Å². The summed E-state index contributed by atoms with van der Waals surface area (Å²) >= 11 is 0. The molecule has 0 heterocycles. The molecule has 2 nitrogen and oxygen atoms in total. The molecule has 1 N–H and O–H groups in total. The van der Waals surface area contributed by atoms with Crippen molar-refractivity contribution in [2.24, 2.45) is 4.99 Å². The van der Waals surface area contributed by atoms with Gasteiger partial charge in [0.05, 0.1) is 11.8 Å².